The second-order valence-electron chi connectivity index (χ2n) is 3.46. The van der Waals surface area contributed by atoms with Gasteiger partial charge in [0.2, 0.25) is 5.91 Å². The van der Waals surface area contributed by atoms with Crippen LogP contribution in [0.4, 0.5) is 13.2 Å². The molecule has 0 aromatic carbocycles. The number of amides is 1. The molecule has 9 heteroatoms. The first-order chi connectivity index (χ1) is 8.79. The maximum Gasteiger partial charge on any atom is 0.411 e. The van der Waals surface area contributed by atoms with Gasteiger partial charge in [-0.25, -0.2) is 4.79 Å². The average Bonchev–Trinajstić information content (AvgIpc) is 2.76. The van der Waals surface area contributed by atoms with Gasteiger partial charge in [-0.1, -0.05) is 6.07 Å². The summed E-state index contributed by atoms with van der Waals surface area (Å²) >= 11 is 1.11. The van der Waals surface area contributed by atoms with Gasteiger partial charge in [-0.2, -0.15) is 13.2 Å². The lowest BCUT2D eigenvalue weighted by Crippen LogP contribution is -2.36. The Morgan fingerprint density at radius 1 is 1.47 bits per heavy atom. The van der Waals surface area contributed by atoms with Crippen LogP contribution in [0.2, 0.25) is 0 Å². The molecule has 19 heavy (non-hydrogen) atoms. The standard InChI is InChI=1S/C10H10F3NO4S/c11-10(12,13)5-18-4-7(15)14-8(9(16)17)6-2-1-3-19-6/h1-3,8H,4-5H2,(H,14,15)(H,16,17). The highest BCUT2D eigenvalue weighted by atomic mass is 32.1. The lowest BCUT2D eigenvalue weighted by molar-refractivity contribution is -0.176. The summed E-state index contributed by atoms with van der Waals surface area (Å²) in [5.41, 5.74) is 0. The van der Waals surface area contributed by atoms with Crippen molar-refractivity contribution in [3.8, 4) is 0 Å². The van der Waals surface area contributed by atoms with Crippen LogP contribution in [0.5, 0.6) is 0 Å². The number of carbonyl (C=O) groups is 2. The first-order valence-electron chi connectivity index (χ1n) is 4.99. The molecule has 106 valence electrons. The Hall–Kier alpha value is -1.61. The molecule has 0 aliphatic heterocycles. The Morgan fingerprint density at radius 3 is 2.63 bits per heavy atom. The molecule has 5 nitrogen and oxygen atoms in total. The van der Waals surface area contributed by atoms with E-state index in [1.165, 1.54) is 6.07 Å². The third-order valence-corrected chi connectivity index (χ3v) is 2.82. The summed E-state index contributed by atoms with van der Waals surface area (Å²) in [5, 5.41) is 12.6. The van der Waals surface area contributed by atoms with E-state index in [0.29, 0.717) is 4.88 Å². The van der Waals surface area contributed by atoms with Crippen LogP contribution < -0.4 is 5.32 Å². The molecule has 0 saturated carbocycles. The second-order valence-corrected chi connectivity index (χ2v) is 4.44. The maximum absolute atomic E-state index is 11.8. The zero-order valence-electron chi connectivity index (χ0n) is 9.44. The van der Waals surface area contributed by atoms with Gasteiger partial charge in [0.1, 0.15) is 13.2 Å². The summed E-state index contributed by atoms with van der Waals surface area (Å²) in [6, 6.07) is 1.81. The van der Waals surface area contributed by atoms with Crippen molar-refractivity contribution in [3.63, 3.8) is 0 Å². The van der Waals surface area contributed by atoms with Gasteiger partial charge in [0, 0.05) is 4.88 Å². The van der Waals surface area contributed by atoms with Gasteiger partial charge in [0.05, 0.1) is 0 Å². The van der Waals surface area contributed by atoms with E-state index in [-0.39, 0.29) is 0 Å². The second kappa shape index (κ2) is 6.53. The Kier molecular flexibility index (Phi) is 5.31. The van der Waals surface area contributed by atoms with Crippen molar-refractivity contribution in [1.82, 2.24) is 5.32 Å². The smallest absolute Gasteiger partial charge is 0.411 e. The molecule has 0 radical (unpaired) electrons. The molecule has 1 amide bonds. The van der Waals surface area contributed by atoms with Crippen molar-refractivity contribution < 1.29 is 32.6 Å². The number of nitrogens with one attached hydrogen (secondary N) is 1. The average molecular weight is 297 g/mol. The zero-order chi connectivity index (χ0) is 14.5. The van der Waals surface area contributed by atoms with Crippen LogP contribution in [0.15, 0.2) is 17.5 Å². The van der Waals surface area contributed by atoms with Crippen molar-refractivity contribution in [2.75, 3.05) is 13.2 Å². The number of hydrogen-bond donors (Lipinski definition) is 2. The van der Waals surface area contributed by atoms with Crippen molar-refractivity contribution >= 4 is 23.2 Å². The fourth-order valence-corrected chi connectivity index (χ4v) is 1.94. The minimum atomic E-state index is -4.53. The summed E-state index contributed by atoms with van der Waals surface area (Å²) in [7, 11) is 0. The minimum Gasteiger partial charge on any atom is -0.479 e. The minimum absolute atomic E-state index is 0.372. The summed E-state index contributed by atoms with van der Waals surface area (Å²) in [5.74, 6) is -2.23. The molecule has 0 spiro atoms. The van der Waals surface area contributed by atoms with Gasteiger partial charge in [0.15, 0.2) is 6.04 Å². The number of carboxylic acids is 1. The van der Waals surface area contributed by atoms with Crippen molar-refractivity contribution in [1.29, 1.82) is 0 Å². The van der Waals surface area contributed by atoms with Gasteiger partial charge < -0.3 is 15.2 Å². The van der Waals surface area contributed by atoms with Crippen LogP contribution in [-0.4, -0.2) is 36.4 Å². The largest absolute Gasteiger partial charge is 0.479 e. The molecule has 0 fully saturated rings. The summed E-state index contributed by atoms with van der Waals surface area (Å²) in [6.45, 7) is -2.41. The number of carbonyl (C=O) groups excluding carboxylic acids is 1. The molecule has 0 bridgehead atoms. The zero-order valence-corrected chi connectivity index (χ0v) is 10.3. The highest BCUT2D eigenvalue weighted by Gasteiger charge is 2.28. The maximum atomic E-state index is 11.8. The van der Waals surface area contributed by atoms with E-state index in [1.807, 2.05) is 0 Å². The number of hydrogen-bond acceptors (Lipinski definition) is 4. The van der Waals surface area contributed by atoms with E-state index in [2.05, 4.69) is 10.1 Å². The quantitative estimate of drug-likeness (QED) is 0.835. The van der Waals surface area contributed by atoms with Crippen LogP contribution in [-0.2, 0) is 14.3 Å². The van der Waals surface area contributed by atoms with Crippen LogP contribution >= 0.6 is 11.3 Å². The first-order valence-corrected chi connectivity index (χ1v) is 5.87. The Bertz CT molecular complexity index is 432. The van der Waals surface area contributed by atoms with Crippen LogP contribution in [0.1, 0.15) is 10.9 Å². The number of aliphatic carboxylic acids is 1. The van der Waals surface area contributed by atoms with E-state index in [0.717, 1.165) is 11.3 Å². The number of thiophene rings is 1. The Morgan fingerprint density at radius 2 is 2.16 bits per heavy atom. The van der Waals surface area contributed by atoms with Crippen LogP contribution in [0.3, 0.4) is 0 Å². The van der Waals surface area contributed by atoms with Gasteiger partial charge in [-0.15, -0.1) is 11.3 Å². The third-order valence-electron chi connectivity index (χ3n) is 1.88. The third kappa shape index (κ3) is 5.71. The molecular weight excluding hydrogens is 287 g/mol. The number of rotatable bonds is 6. The van der Waals surface area contributed by atoms with Crippen molar-refractivity contribution in [2.24, 2.45) is 0 Å². The van der Waals surface area contributed by atoms with Gasteiger partial charge in [-0.05, 0) is 11.4 Å². The van der Waals surface area contributed by atoms with E-state index < -0.39 is 37.3 Å². The molecule has 1 aromatic rings. The lowest BCUT2D eigenvalue weighted by Gasteiger charge is -2.13. The van der Waals surface area contributed by atoms with E-state index in [1.54, 1.807) is 11.4 Å². The predicted octanol–water partition coefficient (Wildman–Crippen LogP) is 1.57. The lowest BCUT2D eigenvalue weighted by atomic mass is 10.2. The molecule has 0 saturated heterocycles. The summed E-state index contributed by atoms with van der Waals surface area (Å²) in [6.07, 6.45) is -4.53. The molecule has 1 heterocycles. The van der Waals surface area contributed by atoms with Gasteiger partial charge >= 0.3 is 12.1 Å². The molecule has 1 rings (SSSR count). The topological polar surface area (TPSA) is 75.6 Å². The number of carboxylic acid groups (broad SMARTS) is 1. The number of halogens is 3. The fourth-order valence-electron chi connectivity index (χ4n) is 1.17. The molecule has 0 aliphatic carbocycles. The monoisotopic (exact) mass is 297 g/mol. The number of alkyl halides is 3. The van der Waals surface area contributed by atoms with Crippen molar-refractivity contribution in [2.45, 2.75) is 12.2 Å². The molecule has 1 unspecified atom stereocenters. The fraction of sp³-hybridized carbons (Fsp3) is 0.400. The van der Waals surface area contributed by atoms with Gasteiger partial charge in [-0.3, -0.25) is 4.79 Å². The van der Waals surface area contributed by atoms with Crippen molar-refractivity contribution in [3.05, 3.63) is 22.4 Å². The van der Waals surface area contributed by atoms with E-state index in [9.17, 15) is 22.8 Å². The normalized spacial score (nSPS) is 13.0. The Labute approximate surface area is 110 Å². The van der Waals surface area contributed by atoms with E-state index in [4.69, 9.17) is 5.11 Å². The predicted molar refractivity (Wildman–Crippen MR) is 59.7 cm³/mol. The number of ether oxygens (including phenoxy) is 1. The molecular formula is C10H10F3NO4S. The van der Waals surface area contributed by atoms with E-state index >= 15 is 0 Å². The molecule has 1 aromatic heterocycles. The summed E-state index contributed by atoms with van der Waals surface area (Å²) < 4.78 is 39.4. The first kappa shape index (κ1) is 15.4. The molecule has 1 atom stereocenters. The van der Waals surface area contributed by atoms with Crippen LogP contribution in [0, 0.1) is 0 Å². The van der Waals surface area contributed by atoms with Crippen LogP contribution in [0.25, 0.3) is 0 Å². The SMILES string of the molecule is O=C(COCC(F)(F)F)NC(C(=O)O)c1cccs1. The summed E-state index contributed by atoms with van der Waals surface area (Å²) in [4.78, 5) is 22.6. The molecule has 0 aliphatic rings. The Balaban J connectivity index is 2.47. The van der Waals surface area contributed by atoms with Gasteiger partial charge in [0.25, 0.3) is 0 Å². The highest BCUT2D eigenvalue weighted by Crippen LogP contribution is 2.19. The molecule has 2 N–H and O–H groups in total. The highest BCUT2D eigenvalue weighted by molar-refractivity contribution is 7.10.